The van der Waals surface area contributed by atoms with E-state index in [1.807, 2.05) is 30.5 Å². The maximum Gasteiger partial charge on any atom is 0.311 e. The molecule has 2 aromatic carbocycles. The first-order valence-corrected chi connectivity index (χ1v) is 9.60. The minimum absolute atomic E-state index is 0.0487. The van der Waals surface area contributed by atoms with Crippen molar-refractivity contribution in [3.05, 3.63) is 59.9 Å². The first kappa shape index (κ1) is 19.1. The van der Waals surface area contributed by atoms with Gasteiger partial charge in [-0.05, 0) is 48.7 Å². The summed E-state index contributed by atoms with van der Waals surface area (Å²) in [6, 6.07) is 12.5. The summed E-state index contributed by atoms with van der Waals surface area (Å²) in [4.78, 5) is 39.2. The number of halogens is 1. The second kappa shape index (κ2) is 8.35. The van der Waals surface area contributed by atoms with E-state index in [4.69, 9.17) is 4.74 Å². The number of benzene rings is 2. The molecule has 1 heterocycles. The summed E-state index contributed by atoms with van der Waals surface area (Å²) in [5.74, 6) is -2.21. The normalized spacial score (nSPS) is 16.4. The van der Waals surface area contributed by atoms with Gasteiger partial charge >= 0.3 is 5.97 Å². The molecular weight excluding hydrogens is 369 g/mol. The van der Waals surface area contributed by atoms with Gasteiger partial charge in [0.25, 0.3) is 0 Å². The van der Waals surface area contributed by atoms with Crippen molar-refractivity contribution in [2.24, 2.45) is 5.92 Å². The number of amides is 1. The van der Waals surface area contributed by atoms with Crippen molar-refractivity contribution < 1.29 is 23.5 Å². The second-order valence-corrected chi connectivity index (χ2v) is 7.02. The van der Waals surface area contributed by atoms with Crippen LogP contribution in [0, 0.1) is 11.7 Å². The van der Waals surface area contributed by atoms with Gasteiger partial charge in [0.1, 0.15) is 5.82 Å². The molecule has 5 nitrogen and oxygen atoms in total. The maximum absolute atomic E-state index is 12.9. The molecule has 0 radical (unpaired) electrons. The van der Waals surface area contributed by atoms with E-state index in [2.05, 4.69) is 0 Å². The average Bonchev–Trinajstić information content (AvgIpc) is 3.08. The number of esters is 1. The molecule has 0 aliphatic carbocycles. The zero-order chi connectivity index (χ0) is 19.4. The summed E-state index contributed by atoms with van der Waals surface area (Å²) in [6.07, 6.45) is 2.00. The van der Waals surface area contributed by atoms with Gasteiger partial charge < -0.3 is 9.64 Å². The van der Waals surface area contributed by atoms with Crippen molar-refractivity contribution in [2.45, 2.75) is 11.3 Å². The number of carbonyl (C=O) groups excluding carboxylic acids is 3. The first-order chi connectivity index (χ1) is 13.0. The van der Waals surface area contributed by atoms with Crippen LogP contribution in [-0.2, 0) is 14.3 Å². The molecule has 0 saturated carbocycles. The number of ketones is 1. The molecule has 0 aromatic heterocycles. The second-order valence-electron chi connectivity index (χ2n) is 6.14. The third-order valence-electron chi connectivity index (χ3n) is 4.34. The lowest BCUT2D eigenvalue weighted by Crippen LogP contribution is -2.27. The zero-order valence-corrected chi connectivity index (χ0v) is 15.5. The monoisotopic (exact) mass is 387 g/mol. The van der Waals surface area contributed by atoms with Crippen molar-refractivity contribution >= 4 is 35.1 Å². The molecule has 0 bridgehead atoms. The Hall–Kier alpha value is -2.67. The molecule has 1 aliphatic rings. The van der Waals surface area contributed by atoms with Crippen LogP contribution in [0.4, 0.5) is 10.1 Å². The number of carbonyl (C=O) groups is 3. The summed E-state index contributed by atoms with van der Waals surface area (Å²) in [5.41, 5.74) is 1.01. The Labute approximate surface area is 160 Å². The van der Waals surface area contributed by atoms with Gasteiger partial charge in [-0.15, -0.1) is 11.8 Å². The maximum atomic E-state index is 12.9. The van der Waals surface area contributed by atoms with Gasteiger partial charge in [-0.1, -0.05) is 6.07 Å². The van der Waals surface area contributed by atoms with Crippen molar-refractivity contribution in [3.8, 4) is 0 Å². The van der Waals surface area contributed by atoms with Crippen LogP contribution in [0.3, 0.4) is 0 Å². The van der Waals surface area contributed by atoms with Gasteiger partial charge in [0.2, 0.25) is 5.91 Å². The van der Waals surface area contributed by atoms with Gasteiger partial charge in [-0.25, -0.2) is 4.39 Å². The third-order valence-corrected chi connectivity index (χ3v) is 5.06. The fraction of sp³-hybridized carbons (Fsp3) is 0.250. The fourth-order valence-corrected chi connectivity index (χ4v) is 3.32. The van der Waals surface area contributed by atoms with E-state index in [0.29, 0.717) is 0 Å². The summed E-state index contributed by atoms with van der Waals surface area (Å²) in [5, 5.41) is 0. The van der Waals surface area contributed by atoms with Gasteiger partial charge in [-0.2, -0.15) is 0 Å². The van der Waals surface area contributed by atoms with Crippen LogP contribution < -0.4 is 4.90 Å². The highest BCUT2D eigenvalue weighted by Crippen LogP contribution is 2.28. The number of nitrogens with zero attached hydrogens (tertiary/aromatic N) is 1. The lowest BCUT2D eigenvalue weighted by atomic mass is 10.1. The van der Waals surface area contributed by atoms with Crippen LogP contribution in [0.2, 0.25) is 0 Å². The molecule has 1 atom stereocenters. The Kier molecular flexibility index (Phi) is 5.91. The molecule has 1 amide bonds. The number of hydrogen-bond donors (Lipinski definition) is 0. The van der Waals surface area contributed by atoms with E-state index < -0.39 is 30.1 Å². The Morgan fingerprint density at radius 3 is 2.67 bits per heavy atom. The number of thioether (sulfide) groups is 1. The highest BCUT2D eigenvalue weighted by atomic mass is 32.2. The van der Waals surface area contributed by atoms with Crippen LogP contribution in [0.15, 0.2) is 53.4 Å². The molecule has 0 N–H and O–H groups in total. The summed E-state index contributed by atoms with van der Waals surface area (Å²) >= 11 is 1.57. The standard InChI is InChI=1S/C20H18FNO4S/c1-27-17-4-2-3-16(10-17)22-11-14(9-19(22)24)20(25)26-12-18(23)13-5-7-15(21)8-6-13/h2-8,10,14H,9,11-12H2,1H3/t14-/m0/s1. The van der Waals surface area contributed by atoms with E-state index in [-0.39, 0.29) is 24.4 Å². The number of hydrogen-bond acceptors (Lipinski definition) is 5. The van der Waals surface area contributed by atoms with Gasteiger partial charge in [0.05, 0.1) is 5.92 Å². The van der Waals surface area contributed by atoms with Crippen LogP contribution in [0.5, 0.6) is 0 Å². The van der Waals surface area contributed by atoms with Crippen LogP contribution >= 0.6 is 11.8 Å². The zero-order valence-electron chi connectivity index (χ0n) is 14.7. The van der Waals surface area contributed by atoms with Crippen LogP contribution in [0.1, 0.15) is 16.8 Å². The smallest absolute Gasteiger partial charge is 0.311 e. The van der Waals surface area contributed by atoms with E-state index in [9.17, 15) is 18.8 Å². The van der Waals surface area contributed by atoms with Crippen molar-refractivity contribution in [1.29, 1.82) is 0 Å². The highest BCUT2D eigenvalue weighted by Gasteiger charge is 2.36. The SMILES string of the molecule is CSc1cccc(N2C[C@@H](C(=O)OCC(=O)c3ccc(F)cc3)CC2=O)c1. The van der Waals surface area contributed by atoms with Crippen molar-refractivity contribution in [2.75, 3.05) is 24.3 Å². The Morgan fingerprint density at radius 2 is 1.96 bits per heavy atom. The van der Waals surface area contributed by atoms with Crippen molar-refractivity contribution in [3.63, 3.8) is 0 Å². The van der Waals surface area contributed by atoms with Gasteiger partial charge in [-0.3, -0.25) is 14.4 Å². The molecule has 1 fully saturated rings. The lowest BCUT2D eigenvalue weighted by molar-refractivity contribution is -0.147. The molecular formula is C20H18FNO4S. The van der Waals surface area contributed by atoms with Crippen LogP contribution in [-0.4, -0.2) is 37.1 Å². The number of anilines is 1. The van der Waals surface area contributed by atoms with Gasteiger partial charge in [0.15, 0.2) is 12.4 Å². The van der Waals surface area contributed by atoms with E-state index in [1.54, 1.807) is 16.7 Å². The summed E-state index contributed by atoms with van der Waals surface area (Å²) < 4.78 is 18.0. The highest BCUT2D eigenvalue weighted by molar-refractivity contribution is 7.98. The molecule has 1 saturated heterocycles. The molecule has 7 heteroatoms. The molecule has 1 aliphatic heterocycles. The predicted octanol–water partition coefficient (Wildman–Crippen LogP) is 3.33. The number of ether oxygens (including phenoxy) is 1. The number of rotatable bonds is 6. The molecule has 3 rings (SSSR count). The Morgan fingerprint density at radius 1 is 1.22 bits per heavy atom. The average molecular weight is 387 g/mol. The Bertz CT molecular complexity index is 869. The Balaban J connectivity index is 1.58. The fourth-order valence-electron chi connectivity index (χ4n) is 2.87. The molecule has 2 aromatic rings. The van der Waals surface area contributed by atoms with E-state index >= 15 is 0 Å². The minimum atomic E-state index is -0.614. The topological polar surface area (TPSA) is 63.7 Å². The minimum Gasteiger partial charge on any atom is -0.457 e. The quantitative estimate of drug-likeness (QED) is 0.432. The first-order valence-electron chi connectivity index (χ1n) is 8.37. The van der Waals surface area contributed by atoms with E-state index in [1.165, 1.54) is 24.3 Å². The van der Waals surface area contributed by atoms with E-state index in [0.717, 1.165) is 10.6 Å². The molecule has 0 spiro atoms. The molecule has 140 valence electrons. The molecule has 0 unspecified atom stereocenters. The van der Waals surface area contributed by atoms with Gasteiger partial charge in [0, 0.05) is 29.1 Å². The third kappa shape index (κ3) is 4.54. The molecule has 27 heavy (non-hydrogen) atoms. The van der Waals surface area contributed by atoms with Crippen LogP contribution in [0.25, 0.3) is 0 Å². The number of Topliss-reactive ketones (excluding diaryl/α,β-unsaturated/α-hetero) is 1. The summed E-state index contributed by atoms with van der Waals surface area (Å²) in [7, 11) is 0. The van der Waals surface area contributed by atoms with Crippen molar-refractivity contribution in [1.82, 2.24) is 0 Å². The lowest BCUT2D eigenvalue weighted by Gasteiger charge is -2.17. The summed E-state index contributed by atoms with van der Waals surface area (Å²) in [6.45, 7) is -0.211. The predicted molar refractivity (Wildman–Crippen MR) is 100 cm³/mol. The largest absolute Gasteiger partial charge is 0.457 e.